The molecule has 0 radical (unpaired) electrons. The monoisotopic (exact) mass is 256 g/mol. The van der Waals surface area contributed by atoms with Gasteiger partial charge in [0.1, 0.15) is 11.4 Å². The molecule has 0 saturated carbocycles. The number of ketones is 1. The maximum atomic E-state index is 13.6. The lowest BCUT2D eigenvalue weighted by Crippen LogP contribution is -2.26. The Morgan fingerprint density at radius 2 is 1.94 bits per heavy atom. The van der Waals surface area contributed by atoms with E-state index in [-0.39, 0.29) is 18.7 Å². The molecule has 94 valence electrons. The molecule has 0 aromatic heterocycles. The van der Waals surface area contributed by atoms with Crippen LogP contribution < -0.4 is 4.90 Å². The van der Waals surface area contributed by atoms with Crippen LogP contribution in [0.25, 0.3) is 0 Å². The molecule has 0 fully saturated rings. The number of anilines is 1. The molecule has 1 aromatic carbocycles. The molecule has 0 amide bonds. The fraction of sp³-hybridized carbons (Fsp3) is 0.182. The van der Waals surface area contributed by atoms with Crippen LogP contribution in [0.15, 0.2) is 23.5 Å². The van der Waals surface area contributed by atoms with Crippen LogP contribution in [0.4, 0.5) is 24.5 Å². The normalized spacial score (nSPS) is 15.1. The van der Waals surface area contributed by atoms with Crippen molar-refractivity contribution in [2.75, 3.05) is 11.4 Å². The zero-order valence-corrected chi connectivity index (χ0v) is 8.99. The van der Waals surface area contributed by atoms with E-state index in [1.807, 2.05) is 0 Å². The molecule has 7 heteroatoms. The zero-order valence-electron chi connectivity index (χ0n) is 8.99. The Kier molecular flexibility index (Phi) is 3.14. The van der Waals surface area contributed by atoms with E-state index >= 15 is 0 Å². The van der Waals surface area contributed by atoms with Crippen LogP contribution in [0.5, 0.6) is 0 Å². The third-order valence-corrected chi connectivity index (χ3v) is 2.54. The number of nitroso groups, excluding NO2 is 1. The summed E-state index contributed by atoms with van der Waals surface area (Å²) >= 11 is 0. The third-order valence-electron chi connectivity index (χ3n) is 2.54. The van der Waals surface area contributed by atoms with Crippen molar-refractivity contribution >= 4 is 17.2 Å². The van der Waals surface area contributed by atoms with Crippen LogP contribution >= 0.6 is 0 Å². The van der Waals surface area contributed by atoms with E-state index in [1.165, 1.54) is 6.20 Å². The van der Waals surface area contributed by atoms with Crippen LogP contribution in [0.3, 0.4) is 0 Å². The number of halogens is 3. The molecule has 0 N–H and O–H groups in total. The van der Waals surface area contributed by atoms with Gasteiger partial charge < -0.3 is 4.90 Å². The van der Waals surface area contributed by atoms with Gasteiger partial charge in [0.15, 0.2) is 23.2 Å². The van der Waals surface area contributed by atoms with Crippen LogP contribution in [0.2, 0.25) is 0 Å². The summed E-state index contributed by atoms with van der Waals surface area (Å²) in [6.45, 7) is 0.0382. The third kappa shape index (κ3) is 1.99. The smallest absolute Gasteiger partial charge is 0.190 e. The predicted molar refractivity (Wildman–Crippen MR) is 57.9 cm³/mol. The maximum absolute atomic E-state index is 13.6. The number of carbonyl (C=O) groups excluding carboxylic acids is 1. The molecular weight excluding hydrogens is 249 g/mol. The summed E-state index contributed by atoms with van der Waals surface area (Å²) < 4.78 is 40.5. The van der Waals surface area contributed by atoms with E-state index in [0.29, 0.717) is 6.07 Å². The van der Waals surface area contributed by atoms with E-state index in [1.54, 1.807) is 0 Å². The first kappa shape index (κ1) is 12.3. The molecule has 1 aromatic rings. The van der Waals surface area contributed by atoms with Gasteiger partial charge in [0, 0.05) is 25.2 Å². The Morgan fingerprint density at radius 3 is 2.50 bits per heavy atom. The average Bonchev–Trinajstić information content (AvgIpc) is 2.36. The first-order valence-corrected chi connectivity index (χ1v) is 5.03. The quantitative estimate of drug-likeness (QED) is 0.603. The zero-order chi connectivity index (χ0) is 13.3. The summed E-state index contributed by atoms with van der Waals surface area (Å²) in [4.78, 5) is 22.2. The first-order chi connectivity index (χ1) is 8.54. The fourth-order valence-electron chi connectivity index (χ4n) is 1.65. The number of allylic oxidation sites excluding steroid dienone is 1. The van der Waals surface area contributed by atoms with Gasteiger partial charge in [-0.2, -0.15) is 0 Å². The molecule has 1 aliphatic heterocycles. The minimum absolute atomic E-state index is 0.0382. The van der Waals surface area contributed by atoms with Gasteiger partial charge in [0.25, 0.3) is 0 Å². The predicted octanol–water partition coefficient (Wildman–Crippen LogP) is 2.79. The standard InChI is InChI=1S/C11H7F3N2O2/c12-7-5-8(15-18)9(13)10(14)11(7)16-3-1-6(17)2-4-16/h1,3,5H,2,4H2. The van der Waals surface area contributed by atoms with Gasteiger partial charge in [-0.25, -0.2) is 13.2 Å². The molecule has 0 unspecified atom stereocenters. The summed E-state index contributed by atoms with van der Waals surface area (Å²) in [6, 6.07) is 0.519. The summed E-state index contributed by atoms with van der Waals surface area (Å²) in [5, 5.41) is 2.19. The Bertz CT molecular complexity index is 558. The van der Waals surface area contributed by atoms with E-state index in [4.69, 9.17) is 0 Å². The van der Waals surface area contributed by atoms with Crippen molar-refractivity contribution in [2.45, 2.75) is 6.42 Å². The molecule has 1 heterocycles. The second kappa shape index (κ2) is 4.59. The van der Waals surface area contributed by atoms with Crippen molar-refractivity contribution in [1.82, 2.24) is 0 Å². The Hall–Kier alpha value is -2.18. The van der Waals surface area contributed by atoms with Crippen LogP contribution in [-0.4, -0.2) is 12.3 Å². The van der Waals surface area contributed by atoms with Gasteiger partial charge in [0.2, 0.25) is 0 Å². The van der Waals surface area contributed by atoms with Gasteiger partial charge in [-0.3, -0.25) is 4.79 Å². The van der Waals surface area contributed by atoms with Crippen molar-refractivity contribution in [3.05, 3.63) is 40.7 Å². The molecule has 1 aliphatic rings. The largest absolute Gasteiger partial charge is 0.343 e. The molecule has 0 aliphatic carbocycles. The van der Waals surface area contributed by atoms with Gasteiger partial charge in [-0.05, 0) is 11.3 Å². The van der Waals surface area contributed by atoms with E-state index < -0.39 is 28.8 Å². The molecule has 2 rings (SSSR count). The van der Waals surface area contributed by atoms with Crippen LogP contribution in [0, 0.1) is 22.4 Å². The lowest BCUT2D eigenvalue weighted by molar-refractivity contribution is -0.114. The highest BCUT2D eigenvalue weighted by molar-refractivity contribution is 5.91. The molecule has 18 heavy (non-hydrogen) atoms. The van der Waals surface area contributed by atoms with Crippen molar-refractivity contribution < 1.29 is 18.0 Å². The lowest BCUT2D eigenvalue weighted by Gasteiger charge is -2.24. The van der Waals surface area contributed by atoms with Gasteiger partial charge >= 0.3 is 0 Å². The second-order valence-electron chi connectivity index (χ2n) is 3.67. The summed E-state index contributed by atoms with van der Waals surface area (Å²) in [7, 11) is 0. The average molecular weight is 256 g/mol. The number of benzene rings is 1. The minimum atomic E-state index is -1.51. The molecule has 0 atom stereocenters. The number of nitrogens with zero attached hydrogens (tertiary/aromatic N) is 2. The molecule has 0 bridgehead atoms. The molecular formula is C11H7F3N2O2. The Balaban J connectivity index is 2.52. The van der Waals surface area contributed by atoms with Crippen molar-refractivity contribution in [3.63, 3.8) is 0 Å². The Labute approximate surface area is 99.7 Å². The summed E-state index contributed by atoms with van der Waals surface area (Å²) in [5.74, 6) is -4.29. The van der Waals surface area contributed by atoms with Crippen LogP contribution in [-0.2, 0) is 4.79 Å². The number of carbonyl (C=O) groups is 1. The summed E-state index contributed by atoms with van der Waals surface area (Å²) in [5.41, 5.74) is -1.56. The van der Waals surface area contributed by atoms with Crippen molar-refractivity contribution in [3.8, 4) is 0 Å². The lowest BCUT2D eigenvalue weighted by atomic mass is 10.1. The highest BCUT2D eigenvalue weighted by atomic mass is 19.2. The van der Waals surface area contributed by atoms with E-state index in [0.717, 1.165) is 11.0 Å². The first-order valence-electron chi connectivity index (χ1n) is 5.03. The minimum Gasteiger partial charge on any atom is -0.343 e. The molecule has 0 spiro atoms. The number of rotatable bonds is 2. The Morgan fingerprint density at radius 1 is 1.22 bits per heavy atom. The van der Waals surface area contributed by atoms with E-state index in [9.17, 15) is 22.9 Å². The number of hydrogen-bond donors (Lipinski definition) is 0. The van der Waals surface area contributed by atoms with E-state index in [2.05, 4.69) is 5.18 Å². The van der Waals surface area contributed by atoms with Crippen molar-refractivity contribution in [2.24, 2.45) is 5.18 Å². The van der Waals surface area contributed by atoms with Gasteiger partial charge in [-0.15, -0.1) is 4.91 Å². The van der Waals surface area contributed by atoms with Gasteiger partial charge in [-0.1, -0.05) is 0 Å². The SMILES string of the molecule is O=Nc1cc(F)c(N2C=CC(=O)CC2)c(F)c1F. The van der Waals surface area contributed by atoms with Crippen molar-refractivity contribution in [1.29, 1.82) is 0 Å². The topological polar surface area (TPSA) is 49.7 Å². The summed E-state index contributed by atoms with van der Waals surface area (Å²) in [6.07, 6.45) is 2.39. The molecule has 4 nitrogen and oxygen atoms in total. The van der Waals surface area contributed by atoms with Crippen LogP contribution in [0.1, 0.15) is 6.42 Å². The number of hydrogen-bond acceptors (Lipinski definition) is 4. The molecule has 0 saturated heterocycles. The highest BCUT2D eigenvalue weighted by Gasteiger charge is 2.24. The second-order valence-corrected chi connectivity index (χ2v) is 3.67. The van der Waals surface area contributed by atoms with Gasteiger partial charge in [0.05, 0.1) is 0 Å². The maximum Gasteiger partial charge on any atom is 0.190 e. The highest BCUT2D eigenvalue weighted by Crippen LogP contribution is 2.32. The fourth-order valence-corrected chi connectivity index (χ4v) is 1.65.